The van der Waals surface area contributed by atoms with Crippen molar-refractivity contribution in [2.24, 2.45) is 9.98 Å². The third-order valence-corrected chi connectivity index (χ3v) is 6.90. The summed E-state index contributed by atoms with van der Waals surface area (Å²) in [6.07, 6.45) is 2.21. The van der Waals surface area contributed by atoms with E-state index >= 15 is 0 Å². The molecule has 0 atom stereocenters. The second kappa shape index (κ2) is 9.69. The van der Waals surface area contributed by atoms with E-state index in [1.807, 2.05) is 11.3 Å². The lowest BCUT2D eigenvalue weighted by molar-refractivity contribution is -0.134. The van der Waals surface area contributed by atoms with Crippen LogP contribution in [-0.4, -0.2) is 53.9 Å². The largest absolute Gasteiger partial charge is 0.481 e. The highest BCUT2D eigenvalue weighted by Gasteiger charge is 2.13. The quantitative estimate of drug-likeness (QED) is 0.349. The van der Waals surface area contributed by atoms with Gasteiger partial charge >= 0.3 is 0 Å². The Balaban J connectivity index is 0.000000560. The summed E-state index contributed by atoms with van der Waals surface area (Å²) in [7, 11) is 0. The van der Waals surface area contributed by atoms with Gasteiger partial charge in [-0.15, -0.1) is 11.3 Å². The Morgan fingerprint density at radius 2 is 1.56 bits per heavy atom. The van der Waals surface area contributed by atoms with Crippen molar-refractivity contribution in [2.45, 2.75) is 19.8 Å². The van der Waals surface area contributed by atoms with Crippen LogP contribution in [0.25, 0.3) is 31.4 Å². The number of aliphatic carboxylic acids is 1. The van der Waals surface area contributed by atoms with E-state index in [-0.39, 0.29) is 0 Å². The van der Waals surface area contributed by atoms with Crippen LogP contribution < -0.4 is 10.6 Å². The van der Waals surface area contributed by atoms with Gasteiger partial charge < -0.3 is 20.7 Å². The van der Waals surface area contributed by atoms with E-state index in [1.54, 1.807) is 0 Å². The van der Waals surface area contributed by atoms with Crippen molar-refractivity contribution in [2.75, 3.05) is 26.2 Å². The summed E-state index contributed by atoms with van der Waals surface area (Å²) in [6.45, 7) is 4.89. The topological polar surface area (TPSA) is 102 Å². The van der Waals surface area contributed by atoms with Gasteiger partial charge in [-0.3, -0.25) is 14.8 Å². The van der Waals surface area contributed by atoms with Crippen molar-refractivity contribution in [3.63, 3.8) is 0 Å². The number of hydrogen-bond acceptors (Lipinski definition) is 6. The van der Waals surface area contributed by atoms with Gasteiger partial charge in [0, 0.05) is 59.1 Å². The molecule has 0 saturated heterocycles. The first-order chi connectivity index (χ1) is 16.6. The molecule has 2 aliphatic heterocycles. The number of thiophene rings is 1. The molecule has 0 bridgehead atoms. The number of carboxylic acids is 1. The van der Waals surface area contributed by atoms with E-state index in [9.17, 15) is 0 Å². The summed E-state index contributed by atoms with van der Waals surface area (Å²) in [4.78, 5) is 23.1. The van der Waals surface area contributed by atoms with Crippen molar-refractivity contribution in [1.82, 2.24) is 15.6 Å². The maximum Gasteiger partial charge on any atom is 0.300 e. The molecule has 8 heteroatoms. The molecule has 2 aliphatic rings. The van der Waals surface area contributed by atoms with Crippen LogP contribution in [0, 0.1) is 0 Å². The number of nitrogens with one attached hydrogen (secondary N) is 3. The fraction of sp³-hybridized carbons (Fsp3) is 0.269. The van der Waals surface area contributed by atoms with Crippen LogP contribution in [0.4, 0.5) is 0 Å². The first-order valence-corrected chi connectivity index (χ1v) is 12.3. The maximum atomic E-state index is 9.00. The number of H-pyrrole nitrogens is 1. The van der Waals surface area contributed by atoms with Gasteiger partial charge in [0.1, 0.15) is 11.7 Å². The van der Waals surface area contributed by atoms with Crippen LogP contribution in [0.1, 0.15) is 31.0 Å². The number of aliphatic imine (C=N–C) groups is 2. The number of fused-ring (bicyclic) bond motifs is 2. The number of aromatic nitrogens is 1. The Labute approximate surface area is 201 Å². The van der Waals surface area contributed by atoms with E-state index in [1.165, 1.54) is 31.5 Å². The van der Waals surface area contributed by atoms with E-state index in [0.717, 1.165) is 68.8 Å². The van der Waals surface area contributed by atoms with E-state index in [2.05, 4.69) is 74.1 Å². The third-order valence-electron chi connectivity index (χ3n) is 5.75. The maximum absolute atomic E-state index is 9.00. The molecule has 174 valence electrons. The van der Waals surface area contributed by atoms with Crippen LogP contribution in [0.2, 0.25) is 0 Å². The molecule has 2 aromatic heterocycles. The smallest absolute Gasteiger partial charge is 0.300 e. The van der Waals surface area contributed by atoms with E-state index in [4.69, 9.17) is 9.90 Å². The normalized spacial score (nSPS) is 15.6. The van der Waals surface area contributed by atoms with Gasteiger partial charge in [0.2, 0.25) is 0 Å². The Morgan fingerprint density at radius 1 is 0.882 bits per heavy atom. The number of benzene rings is 2. The second-order valence-electron chi connectivity index (χ2n) is 8.39. The average molecular weight is 474 g/mol. The van der Waals surface area contributed by atoms with Crippen molar-refractivity contribution >= 4 is 50.0 Å². The molecule has 2 aromatic carbocycles. The van der Waals surface area contributed by atoms with Gasteiger partial charge in [-0.2, -0.15) is 0 Å². The fourth-order valence-corrected chi connectivity index (χ4v) is 5.27. The lowest BCUT2D eigenvalue weighted by atomic mass is 10.1. The highest BCUT2D eigenvalue weighted by atomic mass is 32.1. The monoisotopic (exact) mass is 473 g/mol. The van der Waals surface area contributed by atoms with Crippen molar-refractivity contribution < 1.29 is 9.90 Å². The van der Waals surface area contributed by atoms with Crippen LogP contribution in [0.3, 0.4) is 0 Å². The standard InChI is InChI=1S/C24H23N5S.C2H4O2/c1-7-25-23(26-8-1)18-6-5-17-13-21(30-22(17)14-18)16-4-3-15-11-20(29-19(15)12-16)24-27-9-2-10-28-24;1-2(3)4/h3-6,11-14,29H,1-2,7-10H2,(H,25,26)(H,27,28);1H3,(H,3,4). The number of carbonyl (C=O) groups is 1. The van der Waals surface area contributed by atoms with Crippen LogP contribution in [0.5, 0.6) is 0 Å². The lowest BCUT2D eigenvalue weighted by Crippen LogP contribution is -2.30. The summed E-state index contributed by atoms with van der Waals surface area (Å²) >= 11 is 1.84. The Kier molecular flexibility index (Phi) is 6.31. The summed E-state index contributed by atoms with van der Waals surface area (Å²) in [5.41, 5.74) is 4.64. The van der Waals surface area contributed by atoms with Gasteiger partial charge in [0.25, 0.3) is 5.97 Å². The number of aromatic amines is 1. The molecule has 7 nitrogen and oxygen atoms in total. The Hall–Kier alpha value is -3.65. The molecule has 0 saturated carbocycles. The molecule has 6 rings (SSSR count). The molecule has 0 radical (unpaired) electrons. The predicted molar refractivity (Wildman–Crippen MR) is 140 cm³/mol. The summed E-state index contributed by atoms with van der Waals surface area (Å²) in [5, 5.41) is 16.7. The van der Waals surface area contributed by atoms with E-state index in [0.29, 0.717) is 0 Å². The minimum absolute atomic E-state index is 0.833. The predicted octanol–water partition coefficient (Wildman–Crippen LogP) is 4.62. The van der Waals surface area contributed by atoms with Gasteiger partial charge in [0.05, 0.1) is 5.69 Å². The third kappa shape index (κ3) is 4.82. The number of hydrogen-bond donors (Lipinski definition) is 4. The van der Waals surface area contributed by atoms with Gasteiger partial charge in [0.15, 0.2) is 0 Å². The summed E-state index contributed by atoms with van der Waals surface area (Å²) < 4.78 is 1.30. The number of nitrogens with zero attached hydrogens (tertiary/aromatic N) is 2. The zero-order valence-corrected chi connectivity index (χ0v) is 19.8. The molecule has 0 aliphatic carbocycles. The summed E-state index contributed by atoms with van der Waals surface area (Å²) in [5.74, 6) is 1.17. The number of rotatable bonds is 3. The highest BCUT2D eigenvalue weighted by molar-refractivity contribution is 7.22. The SMILES string of the molecule is CC(=O)O.c1cc2cc(-c3ccc4cc(C5=NCCCN5)[nH]c4c3)sc2cc1C1=NCCCN1. The van der Waals surface area contributed by atoms with Crippen LogP contribution in [0.15, 0.2) is 58.5 Å². The molecule has 0 fully saturated rings. The molecular formula is C26H27N5O2S. The minimum atomic E-state index is -0.833. The Morgan fingerprint density at radius 3 is 2.26 bits per heavy atom. The molecule has 0 unspecified atom stereocenters. The molecule has 0 amide bonds. The molecule has 0 spiro atoms. The Bertz CT molecular complexity index is 1390. The van der Waals surface area contributed by atoms with Crippen LogP contribution in [-0.2, 0) is 4.79 Å². The first-order valence-electron chi connectivity index (χ1n) is 11.5. The minimum Gasteiger partial charge on any atom is -0.481 e. The summed E-state index contributed by atoms with van der Waals surface area (Å²) in [6, 6.07) is 17.8. The van der Waals surface area contributed by atoms with E-state index < -0.39 is 5.97 Å². The molecule has 4 N–H and O–H groups in total. The van der Waals surface area contributed by atoms with Gasteiger partial charge in [-0.1, -0.05) is 24.3 Å². The highest BCUT2D eigenvalue weighted by Crippen LogP contribution is 2.35. The first kappa shape index (κ1) is 22.2. The van der Waals surface area contributed by atoms with Gasteiger partial charge in [-0.05, 0) is 48.1 Å². The molecular weight excluding hydrogens is 446 g/mol. The zero-order valence-electron chi connectivity index (χ0n) is 19.0. The number of amidine groups is 2. The van der Waals surface area contributed by atoms with Gasteiger partial charge in [-0.25, -0.2) is 0 Å². The number of carboxylic acid groups (broad SMARTS) is 1. The zero-order chi connectivity index (χ0) is 23.5. The lowest BCUT2D eigenvalue weighted by Gasteiger charge is -2.14. The van der Waals surface area contributed by atoms with Crippen molar-refractivity contribution in [3.8, 4) is 10.4 Å². The van der Waals surface area contributed by atoms with Crippen molar-refractivity contribution in [1.29, 1.82) is 0 Å². The van der Waals surface area contributed by atoms with Crippen LogP contribution >= 0.6 is 11.3 Å². The fourth-order valence-electron chi connectivity index (χ4n) is 4.17. The second-order valence-corrected chi connectivity index (χ2v) is 9.47. The molecule has 4 aromatic rings. The average Bonchev–Trinajstić information content (AvgIpc) is 3.48. The molecule has 34 heavy (non-hydrogen) atoms. The van der Waals surface area contributed by atoms with Crippen molar-refractivity contribution in [3.05, 3.63) is 59.8 Å². The molecule has 4 heterocycles.